The minimum Gasteiger partial charge on any atom is -0.486 e. The SMILES string of the molecule is CC(C)c1c(C2(C(=O)O)CCCCC2)cc2c(c1Br)OCCO2. The molecule has 1 aliphatic heterocycles. The van der Waals surface area contributed by atoms with E-state index in [1.165, 1.54) is 0 Å². The average Bonchev–Trinajstić information content (AvgIpc) is 2.55. The minimum absolute atomic E-state index is 0.202. The van der Waals surface area contributed by atoms with Gasteiger partial charge in [0.05, 0.1) is 9.89 Å². The van der Waals surface area contributed by atoms with E-state index in [1.54, 1.807) is 0 Å². The van der Waals surface area contributed by atoms with Gasteiger partial charge in [0.1, 0.15) is 13.2 Å². The zero-order valence-corrected chi connectivity index (χ0v) is 15.2. The Morgan fingerprint density at radius 1 is 1.22 bits per heavy atom. The Hall–Kier alpha value is -1.23. The quantitative estimate of drug-likeness (QED) is 0.827. The lowest BCUT2D eigenvalue weighted by molar-refractivity contribution is -0.145. The summed E-state index contributed by atoms with van der Waals surface area (Å²) in [4.78, 5) is 12.2. The third-order valence-electron chi connectivity index (χ3n) is 5.02. The fraction of sp³-hybridized carbons (Fsp3) is 0.611. The molecule has 2 aliphatic rings. The first-order chi connectivity index (χ1) is 11.0. The molecule has 1 N–H and O–H groups in total. The van der Waals surface area contributed by atoms with Gasteiger partial charge in [-0.1, -0.05) is 33.1 Å². The van der Waals surface area contributed by atoms with E-state index in [-0.39, 0.29) is 5.92 Å². The van der Waals surface area contributed by atoms with Crippen LogP contribution < -0.4 is 9.47 Å². The lowest BCUT2D eigenvalue weighted by atomic mass is 9.67. The number of aliphatic carboxylic acids is 1. The van der Waals surface area contributed by atoms with Crippen LogP contribution in [0.1, 0.15) is 63.0 Å². The zero-order valence-electron chi connectivity index (χ0n) is 13.7. The fourth-order valence-corrected chi connectivity index (χ4v) is 4.86. The standard InChI is InChI=1S/C18H23BrO4/c1-11(2)14-12(18(17(20)21)6-4-3-5-7-18)10-13-16(15(14)19)23-9-8-22-13/h10-11H,3-9H2,1-2H3,(H,20,21). The maximum atomic E-state index is 12.2. The molecule has 0 spiro atoms. The molecule has 1 heterocycles. The third kappa shape index (κ3) is 2.73. The second-order valence-corrected chi connectivity index (χ2v) is 7.57. The molecule has 1 aliphatic carbocycles. The number of hydrogen-bond donors (Lipinski definition) is 1. The molecule has 23 heavy (non-hydrogen) atoms. The molecule has 0 unspecified atom stereocenters. The Bertz CT molecular complexity index is 618. The van der Waals surface area contributed by atoms with Crippen LogP contribution in [0.25, 0.3) is 0 Å². The van der Waals surface area contributed by atoms with Gasteiger partial charge in [-0.3, -0.25) is 4.79 Å². The Labute approximate surface area is 145 Å². The Balaban J connectivity index is 2.24. The lowest BCUT2D eigenvalue weighted by Gasteiger charge is -2.37. The normalized spacial score (nSPS) is 19.7. The number of ether oxygens (including phenoxy) is 2. The maximum absolute atomic E-state index is 12.2. The summed E-state index contributed by atoms with van der Waals surface area (Å²) in [5.74, 6) is 0.852. The molecule has 3 rings (SSSR count). The van der Waals surface area contributed by atoms with Crippen LogP contribution in [0.4, 0.5) is 0 Å². The van der Waals surface area contributed by atoms with Crippen molar-refractivity contribution in [2.45, 2.75) is 57.3 Å². The molecule has 1 aromatic carbocycles. The van der Waals surface area contributed by atoms with Crippen molar-refractivity contribution in [3.8, 4) is 11.5 Å². The van der Waals surface area contributed by atoms with Crippen LogP contribution in [0.5, 0.6) is 11.5 Å². The van der Waals surface area contributed by atoms with Gasteiger partial charge in [0, 0.05) is 0 Å². The van der Waals surface area contributed by atoms with Crippen molar-refractivity contribution in [1.82, 2.24) is 0 Å². The average molecular weight is 383 g/mol. The summed E-state index contributed by atoms with van der Waals surface area (Å²) < 4.78 is 12.4. The molecule has 5 heteroatoms. The number of carboxylic acid groups (broad SMARTS) is 1. The molecular weight excluding hydrogens is 360 g/mol. The van der Waals surface area contributed by atoms with Crippen LogP contribution in [0.3, 0.4) is 0 Å². The summed E-state index contributed by atoms with van der Waals surface area (Å²) in [5, 5.41) is 10.1. The van der Waals surface area contributed by atoms with Crippen LogP contribution in [-0.2, 0) is 10.2 Å². The first-order valence-corrected chi connectivity index (χ1v) is 9.12. The van der Waals surface area contributed by atoms with Crippen LogP contribution >= 0.6 is 15.9 Å². The van der Waals surface area contributed by atoms with Crippen molar-refractivity contribution in [3.63, 3.8) is 0 Å². The summed E-state index contributed by atoms with van der Waals surface area (Å²) in [5.41, 5.74) is 1.13. The largest absolute Gasteiger partial charge is 0.486 e. The van der Waals surface area contributed by atoms with E-state index >= 15 is 0 Å². The molecule has 0 radical (unpaired) electrons. The highest BCUT2D eigenvalue weighted by atomic mass is 79.9. The molecule has 1 saturated carbocycles. The van der Waals surface area contributed by atoms with Crippen molar-refractivity contribution < 1.29 is 19.4 Å². The Kier molecular flexibility index (Phi) is 4.59. The predicted octanol–water partition coefficient (Wildman–Crippen LogP) is 4.63. The van der Waals surface area contributed by atoms with Gasteiger partial charge in [-0.2, -0.15) is 0 Å². The van der Waals surface area contributed by atoms with Crippen LogP contribution in [-0.4, -0.2) is 24.3 Å². The summed E-state index contributed by atoms with van der Waals surface area (Å²) in [7, 11) is 0. The van der Waals surface area contributed by atoms with Crippen molar-refractivity contribution in [1.29, 1.82) is 0 Å². The molecular formula is C18H23BrO4. The monoisotopic (exact) mass is 382 g/mol. The first kappa shape index (κ1) is 16.6. The van der Waals surface area contributed by atoms with E-state index in [0.717, 1.165) is 34.9 Å². The van der Waals surface area contributed by atoms with Crippen molar-refractivity contribution >= 4 is 21.9 Å². The van der Waals surface area contributed by atoms with Gasteiger partial charge in [0.15, 0.2) is 11.5 Å². The number of rotatable bonds is 3. The van der Waals surface area contributed by atoms with Gasteiger partial charge in [-0.05, 0) is 51.9 Å². The lowest BCUT2D eigenvalue weighted by Crippen LogP contribution is -2.39. The minimum atomic E-state index is -0.809. The maximum Gasteiger partial charge on any atom is 0.314 e. The summed E-state index contributed by atoms with van der Waals surface area (Å²) in [6.07, 6.45) is 4.39. The summed E-state index contributed by atoms with van der Waals surface area (Å²) in [6.45, 7) is 5.21. The smallest absolute Gasteiger partial charge is 0.314 e. The second-order valence-electron chi connectivity index (χ2n) is 6.78. The van der Waals surface area contributed by atoms with Crippen LogP contribution in [0.15, 0.2) is 10.5 Å². The van der Waals surface area contributed by atoms with Crippen LogP contribution in [0.2, 0.25) is 0 Å². The number of hydrogen-bond acceptors (Lipinski definition) is 3. The molecule has 126 valence electrons. The van der Waals surface area contributed by atoms with E-state index in [0.29, 0.717) is 37.6 Å². The number of carbonyl (C=O) groups is 1. The van der Waals surface area contributed by atoms with Gasteiger partial charge in [0.2, 0.25) is 0 Å². The van der Waals surface area contributed by atoms with Gasteiger partial charge in [0.25, 0.3) is 0 Å². The molecule has 0 saturated heterocycles. The molecule has 0 amide bonds. The summed E-state index contributed by atoms with van der Waals surface area (Å²) in [6, 6.07) is 1.92. The van der Waals surface area contributed by atoms with E-state index in [2.05, 4.69) is 29.8 Å². The number of benzene rings is 1. The van der Waals surface area contributed by atoms with Crippen molar-refractivity contribution in [2.24, 2.45) is 0 Å². The Morgan fingerprint density at radius 2 is 1.87 bits per heavy atom. The topological polar surface area (TPSA) is 55.8 Å². The highest BCUT2D eigenvalue weighted by Crippen LogP contribution is 2.50. The fourth-order valence-electron chi connectivity index (χ4n) is 3.87. The zero-order chi connectivity index (χ0) is 16.6. The number of fused-ring (bicyclic) bond motifs is 1. The van der Waals surface area contributed by atoms with Crippen molar-refractivity contribution in [3.05, 3.63) is 21.7 Å². The van der Waals surface area contributed by atoms with E-state index < -0.39 is 11.4 Å². The van der Waals surface area contributed by atoms with Gasteiger partial charge in [-0.15, -0.1) is 0 Å². The van der Waals surface area contributed by atoms with Crippen molar-refractivity contribution in [2.75, 3.05) is 13.2 Å². The Morgan fingerprint density at radius 3 is 2.48 bits per heavy atom. The first-order valence-electron chi connectivity index (χ1n) is 8.33. The van der Waals surface area contributed by atoms with Crippen LogP contribution in [0, 0.1) is 0 Å². The second kappa shape index (κ2) is 6.34. The van der Waals surface area contributed by atoms with E-state index in [9.17, 15) is 9.90 Å². The molecule has 1 fully saturated rings. The highest BCUT2D eigenvalue weighted by molar-refractivity contribution is 9.10. The molecule has 0 atom stereocenters. The molecule has 4 nitrogen and oxygen atoms in total. The third-order valence-corrected chi connectivity index (χ3v) is 5.81. The van der Waals surface area contributed by atoms with Gasteiger partial charge >= 0.3 is 5.97 Å². The van der Waals surface area contributed by atoms with E-state index in [1.807, 2.05) is 6.07 Å². The predicted molar refractivity (Wildman–Crippen MR) is 91.6 cm³/mol. The van der Waals surface area contributed by atoms with E-state index in [4.69, 9.17) is 9.47 Å². The van der Waals surface area contributed by atoms with Gasteiger partial charge in [-0.25, -0.2) is 0 Å². The molecule has 0 aromatic heterocycles. The molecule has 1 aromatic rings. The highest BCUT2D eigenvalue weighted by Gasteiger charge is 2.44. The van der Waals surface area contributed by atoms with Gasteiger partial charge < -0.3 is 14.6 Å². The molecule has 0 bridgehead atoms. The number of carboxylic acids is 1. The number of halogens is 1. The summed E-state index contributed by atoms with van der Waals surface area (Å²) >= 11 is 3.66.